The molecule has 1 fully saturated rings. The number of ether oxygens (including phenoxy) is 2. The van der Waals surface area contributed by atoms with Gasteiger partial charge in [-0.15, -0.1) is 0 Å². The van der Waals surface area contributed by atoms with E-state index in [1.165, 1.54) is 5.56 Å². The maximum Gasteiger partial charge on any atom is 0.226 e. The van der Waals surface area contributed by atoms with Gasteiger partial charge in [0.25, 0.3) is 0 Å². The number of rotatable bonds is 5. The lowest BCUT2D eigenvalue weighted by molar-refractivity contribution is 0.0832. The molecule has 6 heteroatoms. The summed E-state index contributed by atoms with van der Waals surface area (Å²) in [6.45, 7) is 10.2. The van der Waals surface area contributed by atoms with Gasteiger partial charge in [-0.3, -0.25) is 9.69 Å². The number of benzene rings is 2. The van der Waals surface area contributed by atoms with Crippen LogP contribution in [0.2, 0.25) is 0 Å². The number of carbonyl (C=O) groups is 1. The zero-order valence-electron chi connectivity index (χ0n) is 20.2. The van der Waals surface area contributed by atoms with Crippen molar-refractivity contribution in [3.8, 4) is 23.0 Å². The number of carbonyl (C=O) groups excluding carboxylic acids is 1. The number of nitrogens with zero attached hydrogens (tertiary/aromatic N) is 2. The van der Waals surface area contributed by atoms with Crippen LogP contribution in [-0.4, -0.2) is 42.0 Å². The zero-order valence-corrected chi connectivity index (χ0v) is 20.2. The van der Waals surface area contributed by atoms with E-state index in [9.17, 15) is 4.79 Å². The van der Waals surface area contributed by atoms with E-state index in [2.05, 4.69) is 49.9 Å². The molecule has 0 N–H and O–H groups in total. The molecule has 3 heterocycles. The first kappa shape index (κ1) is 22.7. The largest absolute Gasteiger partial charge is 0.486 e. The van der Waals surface area contributed by atoms with Crippen LogP contribution in [0.15, 0.2) is 53.1 Å². The van der Waals surface area contributed by atoms with Crippen LogP contribution < -0.4 is 9.47 Å². The lowest BCUT2D eigenvalue weighted by Gasteiger charge is -2.30. The molecule has 3 aromatic rings. The molecular formula is C28H32N2O4. The third-order valence-corrected chi connectivity index (χ3v) is 6.72. The summed E-state index contributed by atoms with van der Waals surface area (Å²) in [4.78, 5) is 20.1. The van der Waals surface area contributed by atoms with E-state index in [0.717, 1.165) is 49.5 Å². The first-order chi connectivity index (χ1) is 16.4. The van der Waals surface area contributed by atoms with Gasteiger partial charge in [0.2, 0.25) is 5.89 Å². The lowest BCUT2D eigenvalue weighted by Crippen LogP contribution is -2.36. The highest BCUT2D eigenvalue weighted by molar-refractivity contribution is 5.98. The first-order valence-corrected chi connectivity index (χ1v) is 12.1. The summed E-state index contributed by atoms with van der Waals surface area (Å²) in [6, 6.07) is 14.0. The summed E-state index contributed by atoms with van der Waals surface area (Å²) in [5.74, 6) is 2.27. The normalized spacial score (nSPS) is 17.0. The summed E-state index contributed by atoms with van der Waals surface area (Å²) >= 11 is 0. The number of Topliss-reactive ketones (excluding diaryl/α,β-unsaturated/α-hetero) is 1. The Morgan fingerprint density at radius 3 is 2.41 bits per heavy atom. The van der Waals surface area contributed by atoms with Crippen molar-refractivity contribution in [1.29, 1.82) is 0 Å². The zero-order chi connectivity index (χ0) is 23.7. The second-order valence-corrected chi connectivity index (χ2v) is 10.2. The molecule has 0 radical (unpaired) electrons. The van der Waals surface area contributed by atoms with E-state index in [-0.39, 0.29) is 17.1 Å². The molecule has 178 valence electrons. The number of aromatic nitrogens is 1. The van der Waals surface area contributed by atoms with Crippen LogP contribution in [0, 0.1) is 5.92 Å². The van der Waals surface area contributed by atoms with Gasteiger partial charge in [-0.25, -0.2) is 4.98 Å². The van der Waals surface area contributed by atoms with E-state index in [1.54, 1.807) is 6.26 Å². The molecule has 5 rings (SSSR count). The van der Waals surface area contributed by atoms with Crippen LogP contribution in [0.5, 0.6) is 11.5 Å². The topological polar surface area (TPSA) is 64.8 Å². The molecule has 0 aliphatic carbocycles. The van der Waals surface area contributed by atoms with Gasteiger partial charge in [0.1, 0.15) is 19.5 Å². The minimum atomic E-state index is 0.0352. The smallest absolute Gasteiger partial charge is 0.226 e. The molecule has 34 heavy (non-hydrogen) atoms. The van der Waals surface area contributed by atoms with Gasteiger partial charge in [0, 0.05) is 23.6 Å². The highest BCUT2D eigenvalue weighted by atomic mass is 16.6. The van der Waals surface area contributed by atoms with Crippen LogP contribution in [0.4, 0.5) is 0 Å². The van der Waals surface area contributed by atoms with E-state index in [4.69, 9.17) is 18.9 Å². The van der Waals surface area contributed by atoms with Crippen molar-refractivity contribution < 1.29 is 18.7 Å². The van der Waals surface area contributed by atoms with Crippen LogP contribution in [-0.2, 0) is 12.0 Å². The Kier molecular flexibility index (Phi) is 6.17. The SMILES string of the molecule is CC(C)(C)c1ccc(-c2nc(CN3CCC(C(=O)c4ccc5c(c4)OCCO5)CC3)co2)cc1. The predicted octanol–water partition coefficient (Wildman–Crippen LogP) is 5.51. The standard InChI is InChI=1S/C28H32N2O4/c1-28(2,3)22-7-4-20(5-8-22)27-29-23(18-34-27)17-30-12-10-19(11-13-30)26(31)21-6-9-24-25(16-21)33-15-14-32-24/h4-9,16,18-19H,10-15,17H2,1-3H3. The second-order valence-electron chi connectivity index (χ2n) is 10.2. The van der Waals surface area contributed by atoms with Crippen molar-refractivity contribution in [2.75, 3.05) is 26.3 Å². The second kappa shape index (κ2) is 9.26. The Balaban J connectivity index is 1.16. The Morgan fingerprint density at radius 1 is 1.00 bits per heavy atom. The number of ketones is 1. The van der Waals surface area contributed by atoms with Crippen LogP contribution in [0.1, 0.15) is 55.2 Å². The number of hydrogen-bond donors (Lipinski definition) is 0. The summed E-state index contributed by atoms with van der Waals surface area (Å²) < 4.78 is 17.0. The average Bonchev–Trinajstić information content (AvgIpc) is 3.32. The van der Waals surface area contributed by atoms with Crippen molar-refractivity contribution in [2.24, 2.45) is 5.92 Å². The van der Waals surface area contributed by atoms with Crippen LogP contribution >= 0.6 is 0 Å². The third-order valence-electron chi connectivity index (χ3n) is 6.72. The van der Waals surface area contributed by atoms with E-state index in [0.29, 0.717) is 30.4 Å². The van der Waals surface area contributed by atoms with Gasteiger partial charge in [-0.05, 0) is 67.2 Å². The van der Waals surface area contributed by atoms with Gasteiger partial charge in [0.15, 0.2) is 17.3 Å². The number of fused-ring (bicyclic) bond motifs is 1. The van der Waals surface area contributed by atoms with Crippen molar-refractivity contribution in [3.63, 3.8) is 0 Å². The maximum absolute atomic E-state index is 13.1. The monoisotopic (exact) mass is 460 g/mol. The maximum atomic E-state index is 13.1. The number of likely N-dealkylation sites (tertiary alicyclic amines) is 1. The van der Waals surface area contributed by atoms with Gasteiger partial charge >= 0.3 is 0 Å². The quantitative estimate of drug-likeness (QED) is 0.468. The first-order valence-electron chi connectivity index (χ1n) is 12.1. The summed E-state index contributed by atoms with van der Waals surface area (Å²) in [6.07, 6.45) is 3.43. The van der Waals surface area contributed by atoms with E-state index in [1.807, 2.05) is 18.2 Å². The molecule has 1 saturated heterocycles. The molecule has 0 saturated carbocycles. The average molecular weight is 461 g/mol. The molecule has 2 aliphatic rings. The highest BCUT2D eigenvalue weighted by Crippen LogP contribution is 2.33. The third kappa shape index (κ3) is 4.87. The molecule has 0 amide bonds. The summed E-state index contributed by atoms with van der Waals surface area (Å²) in [7, 11) is 0. The van der Waals surface area contributed by atoms with Crippen LogP contribution in [0.25, 0.3) is 11.5 Å². The summed E-state index contributed by atoms with van der Waals surface area (Å²) in [5.41, 5.74) is 4.03. The molecular weight excluding hydrogens is 428 g/mol. The van der Waals surface area contributed by atoms with Crippen molar-refractivity contribution in [3.05, 3.63) is 65.5 Å². The van der Waals surface area contributed by atoms with Gasteiger partial charge in [0.05, 0.1) is 5.69 Å². The molecule has 2 aromatic carbocycles. The van der Waals surface area contributed by atoms with Gasteiger partial charge in [-0.1, -0.05) is 32.9 Å². The fraction of sp³-hybridized carbons (Fsp3) is 0.429. The number of piperidine rings is 1. The summed E-state index contributed by atoms with van der Waals surface area (Å²) in [5, 5.41) is 0. The molecule has 0 unspecified atom stereocenters. The number of hydrogen-bond acceptors (Lipinski definition) is 6. The van der Waals surface area contributed by atoms with E-state index >= 15 is 0 Å². The lowest BCUT2D eigenvalue weighted by atomic mass is 9.87. The molecule has 0 spiro atoms. The Hall–Kier alpha value is -3.12. The van der Waals surface area contributed by atoms with Gasteiger partial charge < -0.3 is 13.9 Å². The molecule has 0 atom stereocenters. The molecule has 2 aliphatic heterocycles. The van der Waals surface area contributed by atoms with E-state index < -0.39 is 0 Å². The van der Waals surface area contributed by atoms with Crippen molar-refractivity contribution >= 4 is 5.78 Å². The minimum Gasteiger partial charge on any atom is -0.486 e. The Bertz CT molecular complexity index is 1150. The van der Waals surface area contributed by atoms with Crippen LogP contribution in [0.3, 0.4) is 0 Å². The molecule has 1 aromatic heterocycles. The molecule has 6 nitrogen and oxygen atoms in total. The highest BCUT2D eigenvalue weighted by Gasteiger charge is 2.27. The van der Waals surface area contributed by atoms with Gasteiger partial charge in [-0.2, -0.15) is 0 Å². The minimum absolute atomic E-state index is 0.0352. The Morgan fingerprint density at radius 2 is 1.71 bits per heavy atom. The number of oxazole rings is 1. The fourth-order valence-electron chi connectivity index (χ4n) is 4.64. The molecule has 0 bridgehead atoms. The van der Waals surface area contributed by atoms with Crippen molar-refractivity contribution in [1.82, 2.24) is 9.88 Å². The predicted molar refractivity (Wildman–Crippen MR) is 130 cm³/mol. The van der Waals surface area contributed by atoms with Crippen molar-refractivity contribution in [2.45, 2.75) is 45.6 Å². The Labute approximate surface area is 200 Å². The fourth-order valence-corrected chi connectivity index (χ4v) is 4.64.